The molecule has 0 aliphatic rings. The number of H-pyrrole nitrogens is 1. The first-order valence-electron chi connectivity index (χ1n) is 13.9. The second kappa shape index (κ2) is 12.9. The molecule has 0 aliphatic heterocycles. The summed E-state index contributed by atoms with van der Waals surface area (Å²) < 4.78 is 17.1. The zero-order chi connectivity index (χ0) is 30.4. The number of carbonyl (C=O) groups is 1. The van der Waals surface area contributed by atoms with Crippen molar-refractivity contribution in [2.45, 2.75) is 79.6 Å². The van der Waals surface area contributed by atoms with Crippen molar-refractivity contribution in [2.75, 3.05) is 0 Å². The number of nitrogens with one attached hydrogen (secondary N) is 1. The van der Waals surface area contributed by atoms with E-state index >= 15 is 0 Å². The first-order chi connectivity index (χ1) is 20.1. The molecule has 222 valence electrons. The lowest BCUT2D eigenvalue weighted by Gasteiger charge is -2.18. The third-order valence-corrected chi connectivity index (χ3v) is 6.64. The van der Waals surface area contributed by atoms with Crippen LogP contribution in [0.3, 0.4) is 0 Å². The Morgan fingerprint density at radius 3 is 2.45 bits per heavy atom. The minimum absolute atomic E-state index is 0.116. The van der Waals surface area contributed by atoms with Gasteiger partial charge in [0.1, 0.15) is 17.1 Å². The van der Waals surface area contributed by atoms with Gasteiger partial charge in [0, 0.05) is 18.5 Å². The Labute approximate surface area is 243 Å². The Morgan fingerprint density at radius 2 is 1.90 bits per heavy atom. The van der Waals surface area contributed by atoms with Crippen molar-refractivity contribution in [1.82, 2.24) is 30.2 Å². The van der Waals surface area contributed by atoms with Crippen molar-refractivity contribution in [3.63, 3.8) is 0 Å². The fourth-order valence-electron chi connectivity index (χ4n) is 4.67. The van der Waals surface area contributed by atoms with Crippen LogP contribution < -0.4 is 5.82 Å². The van der Waals surface area contributed by atoms with Gasteiger partial charge in [-0.3, -0.25) is 0 Å². The minimum atomic E-state index is -1.41. The standard InChI is InChI=1S/C30H36N6O6/c1-7-10-22(27-32-34-35-33-27)21(9-3)20-14-12-19(13-15-20)16-36-24(11-8-2)31-26(30(5,6)39)25(36)28(37)40-17-23-18(4)41-29(38)42-23/h9-10,12-15,39H,7-8,11,16-17H2,1-6H3,(H,32,33,34,35)/b21-9-,22-10+. The number of carbonyl (C=O) groups excluding carboxylic acids is 1. The van der Waals surface area contributed by atoms with Gasteiger partial charge in [-0.05, 0) is 62.4 Å². The van der Waals surface area contributed by atoms with Gasteiger partial charge >= 0.3 is 11.8 Å². The van der Waals surface area contributed by atoms with Gasteiger partial charge < -0.3 is 23.2 Å². The van der Waals surface area contributed by atoms with E-state index in [1.54, 1.807) is 25.3 Å². The van der Waals surface area contributed by atoms with Crippen molar-refractivity contribution in [3.05, 3.63) is 92.7 Å². The number of tetrazole rings is 1. The van der Waals surface area contributed by atoms with Crippen LogP contribution >= 0.6 is 0 Å². The van der Waals surface area contributed by atoms with Crippen LogP contribution in [0.15, 0.2) is 50.0 Å². The van der Waals surface area contributed by atoms with Gasteiger partial charge in [-0.25, -0.2) is 14.6 Å². The maximum absolute atomic E-state index is 13.5. The van der Waals surface area contributed by atoms with E-state index in [1.165, 1.54) is 0 Å². The molecule has 0 aliphatic carbocycles. The molecule has 0 atom stereocenters. The van der Waals surface area contributed by atoms with Gasteiger partial charge in [0.05, 0.1) is 0 Å². The Balaban J connectivity index is 1.68. The number of aromatic amines is 1. The summed E-state index contributed by atoms with van der Waals surface area (Å²) in [7, 11) is 0. The van der Waals surface area contributed by atoms with Crippen LogP contribution in [0.5, 0.6) is 0 Å². The number of allylic oxidation sites excluding steroid dienone is 4. The van der Waals surface area contributed by atoms with E-state index in [2.05, 4.69) is 31.7 Å². The fraction of sp³-hybridized carbons (Fsp3) is 0.400. The van der Waals surface area contributed by atoms with Gasteiger partial charge in [0.15, 0.2) is 23.8 Å². The Hall–Kier alpha value is -4.58. The number of benzene rings is 1. The molecule has 0 unspecified atom stereocenters. The molecular formula is C30H36N6O6. The lowest BCUT2D eigenvalue weighted by Crippen LogP contribution is -2.23. The van der Waals surface area contributed by atoms with Gasteiger partial charge in [-0.1, -0.05) is 50.3 Å². The van der Waals surface area contributed by atoms with E-state index in [0.717, 1.165) is 35.1 Å². The molecule has 0 amide bonds. The summed E-state index contributed by atoms with van der Waals surface area (Å²) in [4.78, 5) is 29.6. The number of nitrogens with zero attached hydrogens (tertiary/aromatic N) is 5. The summed E-state index contributed by atoms with van der Waals surface area (Å²) in [6.45, 7) is 10.7. The Bertz CT molecular complexity index is 1630. The number of aryl methyl sites for hydroxylation is 2. The smallest absolute Gasteiger partial charge is 0.453 e. The largest absolute Gasteiger partial charge is 0.519 e. The summed E-state index contributed by atoms with van der Waals surface area (Å²) in [5.41, 5.74) is 2.67. The molecule has 3 heterocycles. The average Bonchev–Trinajstić information content (AvgIpc) is 3.68. The summed E-state index contributed by atoms with van der Waals surface area (Å²) >= 11 is 0. The highest BCUT2D eigenvalue weighted by atomic mass is 16.6. The molecule has 1 aromatic carbocycles. The molecule has 12 heteroatoms. The molecular weight excluding hydrogens is 540 g/mol. The molecule has 12 nitrogen and oxygen atoms in total. The molecule has 4 rings (SSSR count). The first kappa shape index (κ1) is 30.4. The predicted octanol–water partition coefficient (Wildman–Crippen LogP) is 4.73. The van der Waals surface area contributed by atoms with Crippen molar-refractivity contribution < 1.29 is 23.5 Å². The maximum Gasteiger partial charge on any atom is 0.519 e. The zero-order valence-corrected chi connectivity index (χ0v) is 24.7. The van der Waals surface area contributed by atoms with E-state index < -0.39 is 17.4 Å². The highest BCUT2D eigenvalue weighted by Crippen LogP contribution is 2.31. The molecule has 0 radical (unpaired) electrons. The molecule has 42 heavy (non-hydrogen) atoms. The molecule has 3 aromatic heterocycles. The first-order valence-corrected chi connectivity index (χ1v) is 13.9. The van der Waals surface area contributed by atoms with Crippen LogP contribution in [0.25, 0.3) is 11.1 Å². The second-order valence-electron chi connectivity index (χ2n) is 10.3. The lowest BCUT2D eigenvalue weighted by atomic mass is 9.95. The molecule has 0 spiro atoms. The summed E-state index contributed by atoms with van der Waals surface area (Å²) in [6, 6.07) is 7.97. The number of hydrogen-bond acceptors (Lipinski definition) is 10. The molecule has 0 saturated carbocycles. The maximum atomic E-state index is 13.5. The Morgan fingerprint density at radius 1 is 1.17 bits per heavy atom. The highest BCUT2D eigenvalue weighted by molar-refractivity contribution is 6.03. The van der Waals surface area contributed by atoms with Crippen molar-refractivity contribution in [3.8, 4) is 0 Å². The van der Waals surface area contributed by atoms with Crippen molar-refractivity contribution >= 4 is 17.1 Å². The summed E-state index contributed by atoms with van der Waals surface area (Å²) in [6.07, 6.45) is 6.23. The number of aliphatic hydroxyl groups is 1. The number of aromatic nitrogens is 6. The predicted molar refractivity (Wildman–Crippen MR) is 154 cm³/mol. The van der Waals surface area contributed by atoms with Crippen LogP contribution in [-0.2, 0) is 29.9 Å². The number of ether oxygens (including phenoxy) is 1. The SMILES string of the molecule is C/C=C(\C(=C/CC)c1nn[nH]n1)c1ccc(Cn2c(CCC)nc(C(C)(C)O)c2C(=O)OCc2oc(=O)oc2C)cc1. The number of rotatable bonds is 12. The monoisotopic (exact) mass is 576 g/mol. The van der Waals surface area contributed by atoms with Crippen LogP contribution in [0.2, 0.25) is 0 Å². The van der Waals surface area contributed by atoms with E-state index in [1.807, 2.05) is 51.1 Å². The molecule has 0 fully saturated rings. The van der Waals surface area contributed by atoms with Crippen LogP contribution in [0, 0.1) is 6.92 Å². The molecule has 0 saturated heterocycles. The molecule has 2 N–H and O–H groups in total. The van der Waals surface area contributed by atoms with Crippen LogP contribution in [-0.4, -0.2) is 41.3 Å². The van der Waals surface area contributed by atoms with Gasteiger partial charge in [0.25, 0.3) is 0 Å². The highest BCUT2D eigenvalue weighted by Gasteiger charge is 2.33. The van der Waals surface area contributed by atoms with E-state index in [-0.39, 0.29) is 29.5 Å². The fourth-order valence-corrected chi connectivity index (χ4v) is 4.67. The van der Waals surface area contributed by atoms with Crippen LogP contribution in [0.1, 0.15) is 97.9 Å². The molecule has 0 bridgehead atoms. The van der Waals surface area contributed by atoms with Gasteiger partial charge in [0.2, 0.25) is 5.82 Å². The number of hydrogen-bond donors (Lipinski definition) is 2. The minimum Gasteiger partial charge on any atom is -0.453 e. The van der Waals surface area contributed by atoms with Crippen molar-refractivity contribution in [2.24, 2.45) is 0 Å². The topological polar surface area (TPSA) is 162 Å². The normalized spacial score (nSPS) is 12.6. The van der Waals surface area contributed by atoms with E-state index in [9.17, 15) is 14.7 Å². The van der Waals surface area contributed by atoms with Crippen molar-refractivity contribution in [1.29, 1.82) is 0 Å². The summed E-state index contributed by atoms with van der Waals surface area (Å²) in [5, 5.41) is 25.5. The number of imidazole rings is 1. The lowest BCUT2D eigenvalue weighted by molar-refractivity contribution is 0.0395. The van der Waals surface area contributed by atoms with Gasteiger partial charge in [-0.15, -0.1) is 10.2 Å². The van der Waals surface area contributed by atoms with E-state index in [4.69, 9.17) is 13.6 Å². The van der Waals surface area contributed by atoms with E-state index in [0.29, 0.717) is 24.6 Å². The third-order valence-electron chi connectivity index (χ3n) is 6.64. The summed E-state index contributed by atoms with van der Waals surface area (Å²) in [5.74, 6) is -0.0594. The van der Waals surface area contributed by atoms with Gasteiger partial charge in [-0.2, -0.15) is 5.21 Å². The second-order valence-corrected chi connectivity index (χ2v) is 10.3. The third kappa shape index (κ3) is 6.65. The molecule has 4 aromatic rings. The average molecular weight is 577 g/mol. The quantitative estimate of drug-likeness (QED) is 0.178. The zero-order valence-electron chi connectivity index (χ0n) is 24.7. The number of esters is 1. The Kier molecular flexibility index (Phi) is 9.36. The van der Waals surface area contributed by atoms with Crippen LogP contribution in [0.4, 0.5) is 0 Å².